The molecule has 3 aromatic rings. The van der Waals surface area contributed by atoms with Gasteiger partial charge in [0.25, 0.3) is 5.69 Å². The highest BCUT2D eigenvalue weighted by Crippen LogP contribution is 2.30. The van der Waals surface area contributed by atoms with E-state index in [1.807, 2.05) is 0 Å². The molecule has 2 aromatic heterocycles. The third-order valence-electron chi connectivity index (χ3n) is 3.41. The van der Waals surface area contributed by atoms with Crippen LogP contribution in [0.25, 0.3) is 10.2 Å². The molecule has 0 spiro atoms. The van der Waals surface area contributed by atoms with Crippen molar-refractivity contribution in [2.75, 3.05) is 5.32 Å². The lowest BCUT2D eigenvalue weighted by molar-refractivity contribution is -0.390. The van der Waals surface area contributed by atoms with E-state index in [1.54, 1.807) is 6.92 Å². The highest BCUT2D eigenvalue weighted by molar-refractivity contribution is 9.10. The molecule has 3 rings (SSSR count). The molecule has 0 bridgehead atoms. The van der Waals surface area contributed by atoms with Crippen LogP contribution in [0.2, 0.25) is 0 Å². The average molecular weight is 441 g/mol. The van der Waals surface area contributed by atoms with Crippen LogP contribution in [0, 0.1) is 27.2 Å². The smallest absolute Gasteiger partial charge is 0.358 e. The van der Waals surface area contributed by atoms with Crippen LogP contribution in [0.1, 0.15) is 5.69 Å². The molecule has 0 unspecified atom stereocenters. The average Bonchev–Trinajstić information content (AvgIpc) is 3.09. The van der Waals surface area contributed by atoms with E-state index < -0.39 is 15.8 Å². The quantitative estimate of drug-likeness (QED) is 0.473. The van der Waals surface area contributed by atoms with Gasteiger partial charge in [0.1, 0.15) is 11.0 Å². The third kappa shape index (κ3) is 3.39. The first-order valence-corrected chi connectivity index (χ1v) is 8.59. The molecule has 13 heteroatoms. The molecular weight excluding hydrogens is 432 g/mol. The normalized spacial score (nSPS) is 10.8. The van der Waals surface area contributed by atoms with Crippen molar-refractivity contribution < 1.29 is 14.6 Å². The molecule has 0 aliphatic carbocycles. The number of nitrogens with one attached hydrogen (secondary N) is 1. The molecule has 2 heterocycles. The third-order valence-corrected chi connectivity index (χ3v) is 5.27. The summed E-state index contributed by atoms with van der Waals surface area (Å²) in [6.45, 7) is 1.35. The van der Waals surface area contributed by atoms with Crippen LogP contribution in [0.3, 0.4) is 0 Å². The summed E-state index contributed by atoms with van der Waals surface area (Å²) in [5, 5.41) is 28.3. The Hall–Kier alpha value is -2.93. The minimum atomic E-state index is -0.647. The first-order chi connectivity index (χ1) is 12.3. The summed E-state index contributed by atoms with van der Waals surface area (Å²) < 4.78 is 1.97. The van der Waals surface area contributed by atoms with Gasteiger partial charge in [-0.2, -0.15) is 4.68 Å². The van der Waals surface area contributed by atoms with Gasteiger partial charge in [-0.05, 0) is 33.8 Å². The number of aromatic nitrogens is 3. The highest BCUT2D eigenvalue weighted by atomic mass is 79.9. The summed E-state index contributed by atoms with van der Waals surface area (Å²) in [5.41, 5.74) is 0.889. The second-order valence-corrected chi connectivity index (χ2v) is 6.94. The van der Waals surface area contributed by atoms with Crippen LogP contribution in [0.4, 0.5) is 16.6 Å². The van der Waals surface area contributed by atoms with Gasteiger partial charge in [-0.1, -0.05) is 11.3 Å². The molecule has 134 valence electrons. The van der Waals surface area contributed by atoms with Crippen LogP contribution >= 0.6 is 27.3 Å². The zero-order valence-electron chi connectivity index (χ0n) is 13.0. The monoisotopic (exact) mass is 440 g/mol. The van der Waals surface area contributed by atoms with Crippen molar-refractivity contribution in [3.63, 3.8) is 0 Å². The summed E-state index contributed by atoms with van der Waals surface area (Å²) in [6, 6.07) is 4.20. The second kappa shape index (κ2) is 6.76. The molecule has 0 saturated heterocycles. The number of hydrogen-bond acceptors (Lipinski definition) is 8. The Morgan fingerprint density at radius 3 is 2.69 bits per heavy atom. The number of nitro benzene ring substituents is 1. The van der Waals surface area contributed by atoms with Crippen LogP contribution < -0.4 is 5.32 Å². The first kappa shape index (κ1) is 17.9. The lowest BCUT2D eigenvalue weighted by Gasteiger charge is -2.00. The fourth-order valence-electron chi connectivity index (χ4n) is 2.15. The highest BCUT2D eigenvalue weighted by Gasteiger charge is 2.24. The van der Waals surface area contributed by atoms with Gasteiger partial charge in [0.05, 0.1) is 25.9 Å². The lowest BCUT2D eigenvalue weighted by Crippen LogP contribution is -2.20. The number of anilines is 1. The largest absolute Gasteiger partial charge is 0.404 e. The standard InChI is InChI=1S/C13H9BrN6O5S/c1-6-11(14)12(20(24)25)17-18(6)5-10(21)16-13-15-8-3-2-7(19(22)23)4-9(8)26-13/h2-4H,5H2,1H3,(H,15,16,21). The Bertz CT molecular complexity index is 1060. The fourth-order valence-corrected chi connectivity index (χ4v) is 3.50. The number of thiazole rings is 1. The molecule has 1 N–H and O–H groups in total. The number of halogens is 1. The number of nitro groups is 2. The Morgan fingerprint density at radius 2 is 2.08 bits per heavy atom. The molecule has 11 nitrogen and oxygen atoms in total. The number of fused-ring (bicyclic) bond motifs is 1. The fraction of sp³-hybridized carbons (Fsp3) is 0.154. The molecule has 0 atom stereocenters. The van der Waals surface area contributed by atoms with E-state index in [2.05, 4.69) is 31.3 Å². The van der Waals surface area contributed by atoms with Crippen LogP contribution in [-0.4, -0.2) is 30.5 Å². The van der Waals surface area contributed by atoms with Gasteiger partial charge in [-0.3, -0.25) is 14.9 Å². The van der Waals surface area contributed by atoms with Gasteiger partial charge in [0.15, 0.2) is 5.13 Å². The van der Waals surface area contributed by atoms with Crippen molar-refractivity contribution in [2.45, 2.75) is 13.5 Å². The maximum atomic E-state index is 12.2. The minimum absolute atomic E-state index is 0.0663. The molecule has 0 radical (unpaired) electrons. The second-order valence-electron chi connectivity index (χ2n) is 5.11. The van der Waals surface area contributed by atoms with Gasteiger partial charge in [-0.15, -0.1) is 0 Å². The SMILES string of the molecule is Cc1c(Br)c([N+](=O)[O-])nn1CC(=O)Nc1nc2ccc([N+](=O)[O-])cc2s1. The van der Waals surface area contributed by atoms with Crippen LogP contribution in [0.5, 0.6) is 0 Å². The van der Waals surface area contributed by atoms with Gasteiger partial charge >= 0.3 is 5.82 Å². The molecule has 1 aromatic carbocycles. The predicted molar refractivity (Wildman–Crippen MR) is 96.2 cm³/mol. The number of benzene rings is 1. The van der Waals surface area contributed by atoms with Crippen molar-refractivity contribution in [3.05, 3.63) is 48.6 Å². The van der Waals surface area contributed by atoms with Gasteiger partial charge in [-0.25, -0.2) is 4.98 Å². The van der Waals surface area contributed by atoms with Crippen molar-refractivity contribution in [2.24, 2.45) is 0 Å². The Labute approximate surface area is 157 Å². The van der Waals surface area contributed by atoms with Gasteiger partial charge < -0.3 is 15.4 Å². The van der Waals surface area contributed by atoms with E-state index in [0.717, 1.165) is 11.3 Å². The number of rotatable bonds is 5. The van der Waals surface area contributed by atoms with E-state index in [4.69, 9.17) is 0 Å². The number of carbonyl (C=O) groups excluding carboxylic acids is 1. The van der Waals surface area contributed by atoms with E-state index in [-0.39, 0.29) is 27.7 Å². The molecular formula is C13H9BrN6O5S. The summed E-state index contributed by atoms with van der Waals surface area (Å²) in [5.74, 6) is -0.853. The van der Waals surface area contributed by atoms with Crippen molar-refractivity contribution in [1.29, 1.82) is 0 Å². The molecule has 0 saturated carbocycles. The number of nitrogens with zero attached hydrogens (tertiary/aromatic N) is 5. The van der Waals surface area contributed by atoms with E-state index in [9.17, 15) is 25.0 Å². The van der Waals surface area contributed by atoms with Crippen LogP contribution in [0.15, 0.2) is 22.7 Å². The van der Waals surface area contributed by atoms with E-state index >= 15 is 0 Å². The molecule has 26 heavy (non-hydrogen) atoms. The summed E-state index contributed by atoms with van der Waals surface area (Å²) in [4.78, 5) is 36.9. The summed E-state index contributed by atoms with van der Waals surface area (Å²) in [7, 11) is 0. The van der Waals surface area contributed by atoms with Crippen molar-refractivity contribution in [1.82, 2.24) is 14.8 Å². The summed E-state index contributed by atoms with van der Waals surface area (Å²) >= 11 is 4.17. The van der Waals surface area contributed by atoms with Gasteiger partial charge in [0, 0.05) is 12.1 Å². The maximum absolute atomic E-state index is 12.2. The molecule has 1 amide bonds. The number of non-ortho nitro benzene ring substituents is 1. The van der Waals surface area contributed by atoms with Crippen molar-refractivity contribution in [3.8, 4) is 0 Å². The predicted octanol–water partition coefficient (Wildman–Crippen LogP) is 3.02. The first-order valence-electron chi connectivity index (χ1n) is 6.98. The zero-order chi connectivity index (χ0) is 19.0. The number of amides is 1. The molecule has 0 aliphatic heterocycles. The lowest BCUT2D eigenvalue weighted by atomic mass is 10.3. The Balaban J connectivity index is 1.78. The topological polar surface area (TPSA) is 146 Å². The van der Waals surface area contributed by atoms with E-state index in [1.165, 1.54) is 22.9 Å². The maximum Gasteiger partial charge on any atom is 0.404 e. The van der Waals surface area contributed by atoms with E-state index in [0.29, 0.717) is 15.9 Å². The Kier molecular flexibility index (Phi) is 4.65. The number of hydrogen-bond donors (Lipinski definition) is 1. The minimum Gasteiger partial charge on any atom is -0.358 e. The summed E-state index contributed by atoms with van der Waals surface area (Å²) in [6.07, 6.45) is 0. The van der Waals surface area contributed by atoms with Gasteiger partial charge in [0.2, 0.25) is 5.91 Å². The molecule has 0 fully saturated rings. The number of carbonyl (C=O) groups is 1. The van der Waals surface area contributed by atoms with Crippen LogP contribution in [-0.2, 0) is 11.3 Å². The van der Waals surface area contributed by atoms with Crippen molar-refractivity contribution >= 4 is 60.0 Å². The Morgan fingerprint density at radius 1 is 1.35 bits per heavy atom. The molecule has 0 aliphatic rings. The zero-order valence-corrected chi connectivity index (χ0v) is 15.4.